The van der Waals surface area contributed by atoms with E-state index in [2.05, 4.69) is 20.5 Å². The van der Waals surface area contributed by atoms with E-state index >= 15 is 0 Å². The molecule has 0 saturated carbocycles. The van der Waals surface area contributed by atoms with Crippen molar-refractivity contribution >= 4 is 42.6 Å². The number of sulfonamides is 1. The van der Waals surface area contributed by atoms with Crippen molar-refractivity contribution in [3.63, 3.8) is 0 Å². The third-order valence-corrected chi connectivity index (χ3v) is 8.35. The predicted octanol–water partition coefficient (Wildman–Crippen LogP) is 2.98. The number of fused-ring (bicyclic) bond motifs is 1. The first kappa shape index (κ1) is 20.0. The Morgan fingerprint density at radius 3 is 2.62 bits per heavy atom. The highest BCUT2D eigenvalue weighted by molar-refractivity contribution is 7.89. The number of H-pyrrole nitrogens is 1. The number of thiazole rings is 1. The van der Waals surface area contributed by atoms with Gasteiger partial charge in [-0.2, -0.15) is 9.40 Å². The lowest BCUT2D eigenvalue weighted by atomic mass is 9.97. The fraction of sp³-hybridized carbons (Fsp3) is 0.421. The van der Waals surface area contributed by atoms with Gasteiger partial charge in [0.1, 0.15) is 4.90 Å². The summed E-state index contributed by atoms with van der Waals surface area (Å²) in [7, 11) is -3.61. The van der Waals surface area contributed by atoms with Crippen LogP contribution < -0.4 is 5.32 Å². The number of piperidine rings is 1. The van der Waals surface area contributed by atoms with Gasteiger partial charge < -0.3 is 5.32 Å². The van der Waals surface area contributed by atoms with Gasteiger partial charge in [-0.25, -0.2) is 13.4 Å². The summed E-state index contributed by atoms with van der Waals surface area (Å²) in [4.78, 5) is 17.4. The van der Waals surface area contributed by atoms with E-state index in [0.717, 1.165) is 15.8 Å². The first-order chi connectivity index (χ1) is 13.8. The Balaban J connectivity index is 1.41. The van der Waals surface area contributed by atoms with Crippen LogP contribution in [0.4, 0.5) is 5.13 Å². The summed E-state index contributed by atoms with van der Waals surface area (Å²) in [6.45, 7) is 6.02. The molecule has 1 amide bonds. The molecule has 10 heteroatoms. The summed E-state index contributed by atoms with van der Waals surface area (Å²) < 4.78 is 28.4. The molecule has 0 unspecified atom stereocenters. The zero-order valence-corrected chi connectivity index (χ0v) is 18.2. The SMILES string of the molecule is Cc1ccc2nc(NC(=O)C3CCN(S(=O)(=O)c4c(C)n[nH]c4C)CC3)sc2c1. The number of nitrogens with zero attached hydrogens (tertiary/aromatic N) is 3. The number of hydrogen-bond acceptors (Lipinski definition) is 6. The molecule has 29 heavy (non-hydrogen) atoms. The molecule has 1 saturated heterocycles. The molecule has 1 aliphatic rings. The predicted molar refractivity (Wildman–Crippen MR) is 113 cm³/mol. The topological polar surface area (TPSA) is 108 Å². The molecule has 4 rings (SSSR count). The van der Waals surface area contributed by atoms with Gasteiger partial charge >= 0.3 is 0 Å². The third-order valence-electron chi connectivity index (χ3n) is 5.26. The van der Waals surface area contributed by atoms with Crippen LogP contribution in [-0.4, -0.2) is 46.9 Å². The summed E-state index contributed by atoms with van der Waals surface area (Å²) in [6, 6.07) is 5.99. The van der Waals surface area contributed by atoms with Gasteiger partial charge in [-0.3, -0.25) is 9.89 Å². The average Bonchev–Trinajstić information content (AvgIpc) is 3.23. The van der Waals surface area contributed by atoms with Gasteiger partial charge in [0.25, 0.3) is 0 Å². The van der Waals surface area contributed by atoms with E-state index in [-0.39, 0.29) is 16.7 Å². The summed E-state index contributed by atoms with van der Waals surface area (Å²) in [5, 5.41) is 10.2. The lowest BCUT2D eigenvalue weighted by Crippen LogP contribution is -2.41. The number of benzene rings is 1. The summed E-state index contributed by atoms with van der Waals surface area (Å²) in [5.74, 6) is -0.338. The number of anilines is 1. The minimum absolute atomic E-state index is 0.103. The number of hydrogen-bond donors (Lipinski definition) is 2. The third kappa shape index (κ3) is 3.79. The van der Waals surface area contributed by atoms with Crippen molar-refractivity contribution < 1.29 is 13.2 Å². The number of aromatic amines is 1. The van der Waals surface area contributed by atoms with Crippen LogP contribution >= 0.6 is 11.3 Å². The number of aryl methyl sites for hydroxylation is 3. The molecule has 0 spiro atoms. The second-order valence-electron chi connectivity index (χ2n) is 7.42. The van der Waals surface area contributed by atoms with E-state index in [1.165, 1.54) is 15.6 Å². The highest BCUT2D eigenvalue weighted by Crippen LogP contribution is 2.30. The van der Waals surface area contributed by atoms with Gasteiger partial charge in [0.15, 0.2) is 5.13 Å². The Labute approximate surface area is 173 Å². The normalized spacial score (nSPS) is 16.4. The van der Waals surface area contributed by atoms with Gasteiger partial charge in [-0.05, 0) is 51.3 Å². The maximum atomic E-state index is 12.9. The van der Waals surface area contributed by atoms with Gasteiger partial charge in [0.05, 0.1) is 21.6 Å². The largest absolute Gasteiger partial charge is 0.302 e. The van der Waals surface area contributed by atoms with Crippen LogP contribution in [0.2, 0.25) is 0 Å². The number of nitrogens with one attached hydrogen (secondary N) is 2. The van der Waals surface area contributed by atoms with Crippen LogP contribution in [0.15, 0.2) is 23.1 Å². The van der Waals surface area contributed by atoms with E-state index < -0.39 is 10.0 Å². The molecular formula is C19H23N5O3S2. The van der Waals surface area contributed by atoms with Gasteiger partial charge in [0.2, 0.25) is 15.9 Å². The van der Waals surface area contributed by atoms with Crippen molar-refractivity contribution in [2.24, 2.45) is 5.92 Å². The van der Waals surface area contributed by atoms with Crippen molar-refractivity contribution in [3.8, 4) is 0 Å². The Kier molecular flexibility index (Phi) is 5.18. The molecule has 0 bridgehead atoms. The van der Waals surface area contributed by atoms with Crippen LogP contribution in [-0.2, 0) is 14.8 Å². The van der Waals surface area contributed by atoms with E-state index in [0.29, 0.717) is 42.5 Å². The first-order valence-electron chi connectivity index (χ1n) is 9.45. The Morgan fingerprint density at radius 2 is 1.97 bits per heavy atom. The summed E-state index contributed by atoms with van der Waals surface area (Å²) >= 11 is 1.45. The molecule has 1 fully saturated rings. The lowest BCUT2D eigenvalue weighted by Gasteiger charge is -2.30. The highest BCUT2D eigenvalue weighted by atomic mass is 32.2. The first-order valence-corrected chi connectivity index (χ1v) is 11.7. The fourth-order valence-electron chi connectivity index (χ4n) is 3.70. The molecule has 154 valence electrons. The summed E-state index contributed by atoms with van der Waals surface area (Å²) in [5.41, 5.74) is 3.01. The molecular weight excluding hydrogens is 410 g/mol. The molecule has 1 aliphatic heterocycles. The van der Waals surface area contributed by atoms with E-state index in [1.807, 2.05) is 25.1 Å². The van der Waals surface area contributed by atoms with Crippen LogP contribution in [0.1, 0.15) is 29.8 Å². The molecule has 3 aromatic rings. The number of carbonyl (C=O) groups excluding carboxylic acids is 1. The molecule has 0 radical (unpaired) electrons. The smallest absolute Gasteiger partial charge is 0.246 e. The van der Waals surface area contributed by atoms with Crippen LogP contribution in [0.3, 0.4) is 0 Å². The minimum Gasteiger partial charge on any atom is -0.302 e. The van der Waals surface area contributed by atoms with Crippen molar-refractivity contribution in [3.05, 3.63) is 35.2 Å². The molecule has 8 nitrogen and oxygen atoms in total. The van der Waals surface area contributed by atoms with E-state index in [4.69, 9.17) is 0 Å². The lowest BCUT2D eigenvalue weighted by molar-refractivity contribution is -0.120. The zero-order valence-electron chi connectivity index (χ0n) is 16.5. The van der Waals surface area contributed by atoms with Gasteiger partial charge in [-0.15, -0.1) is 0 Å². The Bertz CT molecular complexity index is 1150. The van der Waals surface area contributed by atoms with E-state index in [1.54, 1.807) is 13.8 Å². The Hall–Kier alpha value is -2.30. The Morgan fingerprint density at radius 1 is 1.24 bits per heavy atom. The van der Waals surface area contributed by atoms with Gasteiger partial charge in [0, 0.05) is 19.0 Å². The van der Waals surface area contributed by atoms with Crippen molar-refractivity contribution in [1.82, 2.24) is 19.5 Å². The van der Waals surface area contributed by atoms with Crippen LogP contribution in [0, 0.1) is 26.7 Å². The summed E-state index contributed by atoms with van der Waals surface area (Å²) in [6.07, 6.45) is 0.954. The standard InChI is InChI=1S/C19H23N5O3S2/c1-11-4-5-15-16(10-11)28-19(20-15)21-18(25)14-6-8-24(9-7-14)29(26,27)17-12(2)22-23-13(17)3/h4-5,10,14H,6-9H2,1-3H3,(H,22,23)(H,20,21,25). The monoisotopic (exact) mass is 433 g/mol. The second kappa shape index (κ2) is 7.51. The maximum Gasteiger partial charge on any atom is 0.246 e. The fourth-order valence-corrected chi connectivity index (χ4v) is 6.47. The quantitative estimate of drug-likeness (QED) is 0.658. The van der Waals surface area contributed by atoms with Crippen LogP contribution in [0.5, 0.6) is 0 Å². The number of amides is 1. The van der Waals surface area contributed by atoms with Crippen LogP contribution in [0.25, 0.3) is 10.2 Å². The molecule has 0 atom stereocenters. The number of aromatic nitrogens is 3. The molecule has 0 aliphatic carbocycles. The average molecular weight is 434 g/mol. The number of rotatable bonds is 4. The zero-order chi connectivity index (χ0) is 20.8. The molecule has 2 aromatic heterocycles. The second-order valence-corrected chi connectivity index (χ2v) is 10.3. The molecule has 1 aromatic carbocycles. The minimum atomic E-state index is -3.61. The number of carbonyl (C=O) groups is 1. The van der Waals surface area contributed by atoms with Crippen molar-refractivity contribution in [2.75, 3.05) is 18.4 Å². The maximum absolute atomic E-state index is 12.9. The van der Waals surface area contributed by atoms with Gasteiger partial charge in [-0.1, -0.05) is 17.4 Å². The highest BCUT2D eigenvalue weighted by Gasteiger charge is 2.34. The van der Waals surface area contributed by atoms with Crippen molar-refractivity contribution in [1.29, 1.82) is 0 Å². The molecule has 3 heterocycles. The van der Waals surface area contributed by atoms with E-state index in [9.17, 15) is 13.2 Å². The molecule has 2 N–H and O–H groups in total. The van der Waals surface area contributed by atoms with Crippen molar-refractivity contribution in [2.45, 2.75) is 38.5 Å².